The van der Waals surface area contributed by atoms with Crippen molar-refractivity contribution in [3.05, 3.63) is 0 Å². The number of morpholine rings is 1. The van der Waals surface area contributed by atoms with Crippen LogP contribution in [-0.2, 0) is 9.47 Å². The lowest BCUT2D eigenvalue weighted by molar-refractivity contribution is -0.132. The van der Waals surface area contributed by atoms with Gasteiger partial charge in [-0.1, -0.05) is 0 Å². The second kappa shape index (κ2) is 3.32. The van der Waals surface area contributed by atoms with E-state index in [-0.39, 0.29) is 0 Å². The third-order valence-electron chi connectivity index (χ3n) is 2.58. The highest BCUT2D eigenvalue weighted by molar-refractivity contribution is 4.83. The average molecular weight is 171 g/mol. The fourth-order valence-corrected chi connectivity index (χ4v) is 1.95. The predicted octanol–water partition coefficient (Wildman–Crippen LogP) is 0.494. The molecule has 0 aliphatic carbocycles. The molecule has 0 aromatic carbocycles. The van der Waals surface area contributed by atoms with Crippen molar-refractivity contribution in [2.45, 2.75) is 32.1 Å². The third kappa shape index (κ3) is 1.63. The molecule has 0 amide bonds. The van der Waals surface area contributed by atoms with Crippen molar-refractivity contribution >= 4 is 0 Å². The maximum atomic E-state index is 5.65. The van der Waals surface area contributed by atoms with Gasteiger partial charge in [0.15, 0.2) is 0 Å². The van der Waals surface area contributed by atoms with Gasteiger partial charge in [0.2, 0.25) is 0 Å². The summed E-state index contributed by atoms with van der Waals surface area (Å²) in [4.78, 5) is 2.49. The molecule has 2 heterocycles. The lowest BCUT2D eigenvalue weighted by atomic mass is 10.1. The molecule has 2 fully saturated rings. The monoisotopic (exact) mass is 171 g/mol. The van der Waals surface area contributed by atoms with E-state index < -0.39 is 0 Å². The van der Waals surface area contributed by atoms with Crippen LogP contribution in [0.2, 0.25) is 0 Å². The van der Waals surface area contributed by atoms with Gasteiger partial charge in [-0.15, -0.1) is 0 Å². The molecule has 3 heteroatoms. The van der Waals surface area contributed by atoms with Crippen molar-refractivity contribution < 1.29 is 9.47 Å². The van der Waals surface area contributed by atoms with E-state index in [4.69, 9.17) is 9.47 Å². The molecule has 0 aromatic heterocycles. The van der Waals surface area contributed by atoms with Crippen LogP contribution in [0.1, 0.15) is 13.8 Å². The number of ether oxygens (including phenoxy) is 2. The first kappa shape index (κ1) is 8.48. The Labute approximate surface area is 73.6 Å². The summed E-state index contributed by atoms with van der Waals surface area (Å²) in [7, 11) is 0. The predicted molar refractivity (Wildman–Crippen MR) is 46.2 cm³/mol. The first-order valence-corrected chi connectivity index (χ1v) is 4.73. The molecule has 2 rings (SSSR count). The van der Waals surface area contributed by atoms with E-state index in [1.807, 2.05) is 0 Å². The quantitative estimate of drug-likeness (QED) is 0.573. The van der Waals surface area contributed by atoms with E-state index in [2.05, 4.69) is 18.7 Å². The minimum atomic E-state index is 0.384. The Morgan fingerprint density at radius 3 is 2.08 bits per heavy atom. The molecular weight excluding hydrogens is 154 g/mol. The van der Waals surface area contributed by atoms with Crippen LogP contribution in [0.25, 0.3) is 0 Å². The van der Waals surface area contributed by atoms with Crippen LogP contribution < -0.4 is 0 Å². The van der Waals surface area contributed by atoms with Gasteiger partial charge >= 0.3 is 0 Å². The average Bonchev–Trinajstić information content (AvgIpc) is 1.79. The standard InChI is InChI=1S/C9H17NO2/c1-7-3-10(4-8(2)12-7)9-5-11-6-9/h7-9H,3-6H2,1-2H3/t7-,8+. The van der Waals surface area contributed by atoms with Crippen molar-refractivity contribution in [1.82, 2.24) is 4.90 Å². The molecule has 0 spiro atoms. The second-order valence-electron chi connectivity index (χ2n) is 3.90. The lowest BCUT2D eigenvalue weighted by Gasteiger charge is -2.43. The Hall–Kier alpha value is -0.120. The fraction of sp³-hybridized carbons (Fsp3) is 1.00. The highest BCUT2D eigenvalue weighted by Crippen LogP contribution is 2.17. The molecule has 12 heavy (non-hydrogen) atoms. The molecule has 2 aliphatic rings. The van der Waals surface area contributed by atoms with E-state index in [9.17, 15) is 0 Å². The zero-order valence-corrected chi connectivity index (χ0v) is 7.82. The molecule has 0 radical (unpaired) electrons. The van der Waals surface area contributed by atoms with Crippen molar-refractivity contribution in [2.24, 2.45) is 0 Å². The Bertz CT molecular complexity index is 149. The Morgan fingerprint density at radius 2 is 1.67 bits per heavy atom. The van der Waals surface area contributed by atoms with Crippen LogP contribution in [0.4, 0.5) is 0 Å². The fourth-order valence-electron chi connectivity index (χ4n) is 1.95. The summed E-state index contributed by atoms with van der Waals surface area (Å²) in [5, 5.41) is 0. The molecule has 0 bridgehead atoms. The molecule has 3 nitrogen and oxygen atoms in total. The van der Waals surface area contributed by atoms with Crippen molar-refractivity contribution in [1.29, 1.82) is 0 Å². The van der Waals surface area contributed by atoms with Crippen LogP contribution >= 0.6 is 0 Å². The van der Waals surface area contributed by atoms with Gasteiger partial charge in [0, 0.05) is 13.1 Å². The van der Waals surface area contributed by atoms with Crippen LogP contribution in [0.3, 0.4) is 0 Å². The van der Waals surface area contributed by atoms with Gasteiger partial charge in [-0.25, -0.2) is 0 Å². The van der Waals surface area contributed by atoms with Crippen molar-refractivity contribution in [2.75, 3.05) is 26.3 Å². The molecule has 2 saturated heterocycles. The molecule has 70 valence electrons. The molecular formula is C9H17NO2. The summed E-state index contributed by atoms with van der Waals surface area (Å²) >= 11 is 0. The summed E-state index contributed by atoms with van der Waals surface area (Å²) in [5.74, 6) is 0. The minimum Gasteiger partial charge on any atom is -0.378 e. The number of hydrogen-bond acceptors (Lipinski definition) is 3. The lowest BCUT2D eigenvalue weighted by Crippen LogP contribution is -2.56. The van der Waals surface area contributed by atoms with E-state index in [0.29, 0.717) is 18.2 Å². The number of rotatable bonds is 1. The Morgan fingerprint density at radius 1 is 1.08 bits per heavy atom. The summed E-state index contributed by atoms with van der Waals surface area (Å²) < 4.78 is 10.8. The van der Waals surface area contributed by atoms with Gasteiger partial charge < -0.3 is 9.47 Å². The topological polar surface area (TPSA) is 21.7 Å². The van der Waals surface area contributed by atoms with Crippen LogP contribution in [0.15, 0.2) is 0 Å². The molecule has 0 N–H and O–H groups in total. The normalized spacial score (nSPS) is 39.5. The van der Waals surface area contributed by atoms with Crippen LogP contribution in [-0.4, -0.2) is 49.5 Å². The van der Waals surface area contributed by atoms with E-state index in [0.717, 1.165) is 26.3 Å². The van der Waals surface area contributed by atoms with Gasteiger partial charge in [0.25, 0.3) is 0 Å². The maximum absolute atomic E-state index is 5.65. The zero-order chi connectivity index (χ0) is 8.55. The molecule has 0 saturated carbocycles. The van der Waals surface area contributed by atoms with Gasteiger partial charge in [-0.05, 0) is 13.8 Å². The van der Waals surface area contributed by atoms with E-state index in [1.165, 1.54) is 0 Å². The summed E-state index contributed by atoms with van der Waals surface area (Å²) in [6.07, 6.45) is 0.767. The van der Waals surface area contributed by atoms with Crippen LogP contribution in [0.5, 0.6) is 0 Å². The Kier molecular flexibility index (Phi) is 2.35. The minimum absolute atomic E-state index is 0.384. The highest BCUT2D eigenvalue weighted by atomic mass is 16.5. The highest BCUT2D eigenvalue weighted by Gasteiger charge is 2.31. The van der Waals surface area contributed by atoms with Crippen LogP contribution in [0, 0.1) is 0 Å². The first-order valence-electron chi connectivity index (χ1n) is 4.73. The van der Waals surface area contributed by atoms with Gasteiger partial charge in [0.1, 0.15) is 0 Å². The third-order valence-corrected chi connectivity index (χ3v) is 2.58. The van der Waals surface area contributed by atoms with Gasteiger partial charge in [0.05, 0.1) is 31.5 Å². The Balaban J connectivity index is 1.87. The van der Waals surface area contributed by atoms with Gasteiger partial charge in [-0.3, -0.25) is 4.90 Å². The molecule has 2 atom stereocenters. The van der Waals surface area contributed by atoms with E-state index >= 15 is 0 Å². The van der Waals surface area contributed by atoms with Crippen molar-refractivity contribution in [3.8, 4) is 0 Å². The van der Waals surface area contributed by atoms with E-state index in [1.54, 1.807) is 0 Å². The number of hydrogen-bond donors (Lipinski definition) is 0. The van der Waals surface area contributed by atoms with Gasteiger partial charge in [-0.2, -0.15) is 0 Å². The SMILES string of the molecule is C[C@@H]1CN(C2COC2)C[C@H](C)O1. The smallest absolute Gasteiger partial charge is 0.0678 e. The zero-order valence-electron chi connectivity index (χ0n) is 7.82. The molecule has 0 unspecified atom stereocenters. The van der Waals surface area contributed by atoms with Crippen molar-refractivity contribution in [3.63, 3.8) is 0 Å². The summed E-state index contributed by atoms with van der Waals surface area (Å²) in [6.45, 7) is 8.25. The second-order valence-corrected chi connectivity index (χ2v) is 3.90. The molecule has 0 aromatic rings. The summed E-state index contributed by atoms with van der Waals surface area (Å²) in [5.41, 5.74) is 0. The first-order chi connectivity index (χ1) is 5.75. The largest absolute Gasteiger partial charge is 0.378 e. The summed E-state index contributed by atoms with van der Waals surface area (Å²) in [6, 6.07) is 0.666. The molecule has 2 aliphatic heterocycles. The maximum Gasteiger partial charge on any atom is 0.0678 e. The number of nitrogens with zero attached hydrogens (tertiary/aromatic N) is 1.